The van der Waals surface area contributed by atoms with Gasteiger partial charge in [-0.25, -0.2) is 4.98 Å². The van der Waals surface area contributed by atoms with E-state index in [1.54, 1.807) is 0 Å². The first-order chi connectivity index (χ1) is 9.28. The molecule has 1 N–H and O–H groups in total. The number of aryl methyl sites for hydroxylation is 1. The van der Waals surface area contributed by atoms with Gasteiger partial charge in [0.25, 0.3) is 0 Å². The average Bonchev–Trinajstić information content (AvgIpc) is 2.76. The van der Waals surface area contributed by atoms with E-state index in [-0.39, 0.29) is 6.61 Å². The molecule has 0 unspecified atom stereocenters. The molecule has 3 aromatic rings. The van der Waals surface area contributed by atoms with Crippen LogP contribution < -0.4 is 0 Å². The van der Waals surface area contributed by atoms with Crippen molar-refractivity contribution in [3.63, 3.8) is 0 Å². The summed E-state index contributed by atoms with van der Waals surface area (Å²) < 4.78 is 1.96. The van der Waals surface area contributed by atoms with Crippen LogP contribution in [0.2, 0.25) is 0 Å². The molecule has 0 atom stereocenters. The van der Waals surface area contributed by atoms with Crippen molar-refractivity contribution in [2.24, 2.45) is 0 Å². The zero-order valence-corrected chi connectivity index (χ0v) is 10.9. The third kappa shape index (κ3) is 2.25. The van der Waals surface area contributed by atoms with Crippen LogP contribution in [0.5, 0.6) is 0 Å². The minimum absolute atomic E-state index is 0.00634. The highest BCUT2D eigenvalue weighted by atomic mass is 16.3. The van der Waals surface area contributed by atoms with Crippen LogP contribution in [0.25, 0.3) is 5.65 Å². The number of aliphatic hydroxyl groups excluding tert-OH is 1. The molecular formula is C16H16N2O. The topological polar surface area (TPSA) is 37.5 Å². The van der Waals surface area contributed by atoms with Crippen LogP contribution in [0, 0.1) is 6.92 Å². The summed E-state index contributed by atoms with van der Waals surface area (Å²) in [6.45, 7) is 2.05. The fourth-order valence-corrected chi connectivity index (χ4v) is 2.34. The molecule has 3 nitrogen and oxygen atoms in total. The number of aliphatic hydroxyl groups is 1. The van der Waals surface area contributed by atoms with Crippen molar-refractivity contribution in [1.29, 1.82) is 0 Å². The Kier molecular flexibility index (Phi) is 3.05. The Hall–Kier alpha value is -2.13. The smallest absolute Gasteiger partial charge is 0.137 e. The van der Waals surface area contributed by atoms with Crippen molar-refractivity contribution in [3.8, 4) is 0 Å². The number of aromatic nitrogens is 2. The molecule has 0 radical (unpaired) electrons. The van der Waals surface area contributed by atoms with Crippen LogP contribution in [0.15, 0.2) is 48.7 Å². The molecule has 96 valence electrons. The largest absolute Gasteiger partial charge is 0.390 e. The molecule has 0 bridgehead atoms. The molecule has 0 amide bonds. The fourth-order valence-electron chi connectivity index (χ4n) is 2.34. The van der Waals surface area contributed by atoms with Crippen LogP contribution in [0.1, 0.15) is 22.5 Å². The molecule has 0 saturated heterocycles. The maximum absolute atomic E-state index is 9.59. The molecule has 3 rings (SSSR count). The van der Waals surface area contributed by atoms with Crippen LogP contribution in [0.3, 0.4) is 0 Å². The van der Waals surface area contributed by atoms with E-state index in [0.717, 1.165) is 23.5 Å². The Morgan fingerprint density at radius 1 is 1.16 bits per heavy atom. The lowest BCUT2D eigenvalue weighted by molar-refractivity contribution is 0.274. The molecular weight excluding hydrogens is 236 g/mol. The number of benzene rings is 1. The second-order valence-electron chi connectivity index (χ2n) is 4.76. The van der Waals surface area contributed by atoms with E-state index >= 15 is 0 Å². The van der Waals surface area contributed by atoms with Crippen LogP contribution >= 0.6 is 0 Å². The maximum Gasteiger partial charge on any atom is 0.137 e. The van der Waals surface area contributed by atoms with Crippen molar-refractivity contribution in [2.45, 2.75) is 20.0 Å². The summed E-state index contributed by atoms with van der Waals surface area (Å²) in [5.41, 5.74) is 5.10. The summed E-state index contributed by atoms with van der Waals surface area (Å²) in [5, 5.41) is 9.59. The number of imidazole rings is 1. The van der Waals surface area contributed by atoms with Gasteiger partial charge in [0.1, 0.15) is 5.65 Å². The normalized spacial score (nSPS) is 11.1. The van der Waals surface area contributed by atoms with Crippen molar-refractivity contribution < 1.29 is 5.11 Å². The first kappa shape index (κ1) is 11.9. The van der Waals surface area contributed by atoms with E-state index in [1.807, 2.05) is 47.9 Å². The van der Waals surface area contributed by atoms with Crippen molar-refractivity contribution in [1.82, 2.24) is 9.38 Å². The van der Waals surface area contributed by atoms with E-state index in [9.17, 15) is 5.11 Å². The molecule has 3 heteroatoms. The Morgan fingerprint density at radius 2 is 1.95 bits per heavy atom. The summed E-state index contributed by atoms with van der Waals surface area (Å²) >= 11 is 0. The number of pyridine rings is 1. The summed E-state index contributed by atoms with van der Waals surface area (Å²) in [6.07, 6.45) is 2.72. The van der Waals surface area contributed by atoms with E-state index in [4.69, 9.17) is 0 Å². The predicted molar refractivity (Wildman–Crippen MR) is 75.1 cm³/mol. The average molecular weight is 252 g/mol. The van der Waals surface area contributed by atoms with Gasteiger partial charge in [-0.15, -0.1) is 0 Å². The molecule has 2 aromatic heterocycles. The Labute approximate surface area is 112 Å². The van der Waals surface area contributed by atoms with Crippen molar-refractivity contribution >= 4 is 5.65 Å². The highest BCUT2D eigenvalue weighted by Gasteiger charge is 2.11. The van der Waals surface area contributed by atoms with Crippen LogP contribution in [-0.2, 0) is 13.0 Å². The Balaban J connectivity index is 2.08. The molecule has 19 heavy (non-hydrogen) atoms. The molecule has 1 aromatic carbocycles. The van der Waals surface area contributed by atoms with E-state index in [0.29, 0.717) is 0 Å². The van der Waals surface area contributed by atoms with E-state index in [1.165, 1.54) is 11.1 Å². The minimum Gasteiger partial charge on any atom is -0.390 e. The quantitative estimate of drug-likeness (QED) is 0.778. The summed E-state index contributed by atoms with van der Waals surface area (Å²) in [5.74, 6) is 0. The van der Waals surface area contributed by atoms with Gasteiger partial charge in [0, 0.05) is 12.6 Å². The zero-order chi connectivity index (χ0) is 13.2. The van der Waals surface area contributed by atoms with Gasteiger partial charge in [-0.1, -0.05) is 30.3 Å². The van der Waals surface area contributed by atoms with Crippen molar-refractivity contribution in [3.05, 3.63) is 71.2 Å². The summed E-state index contributed by atoms with van der Waals surface area (Å²) in [4.78, 5) is 4.64. The molecule has 0 aliphatic rings. The number of hydrogen-bond acceptors (Lipinski definition) is 2. The minimum atomic E-state index is 0.00634. The SMILES string of the molecule is Cc1ccn2c(CO)c(Cc3ccccc3)nc2c1. The van der Waals surface area contributed by atoms with Gasteiger partial charge in [-0.3, -0.25) is 0 Å². The first-order valence-electron chi connectivity index (χ1n) is 6.39. The number of rotatable bonds is 3. The zero-order valence-electron chi connectivity index (χ0n) is 10.9. The highest BCUT2D eigenvalue weighted by Crippen LogP contribution is 2.17. The number of nitrogens with zero attached hydrogens (tertiary/aromatic N) is 2. The fraction of sp³-hybridized carbons (Fsp3) is 0.188. The molecule has 2 heterocycles. The second kappa shape index (κ2) is 4.86. The van der Waals surface area contributed by atoms with Gasteiger partial charge in [0.15, 0.2) is 0 Å². The van der Waals surface area contributed by atoms with Crippen LogP contribution in [-0.4, -0.2) is 14.5 Å². The van der Waals surface area contributed by atoms with Gasteiger partial charge in [0.05, 0.1) is 18.0 Å². The predicted octanol–water partition coefficient (Wildman–Crippen LogP) is 2.73. The van der Waals surface area contributed by atoms with Crippen molar-refractivity contribution in [2.75, 3.05) is 0 Å². The third-order valence-electron chi connectivity index (χ3n) is 3.33. The maximum atomic E-state index is 9.59. The lowest BCUT2D eigenvalue weighted by atomic mass is 10.1. The Morgan fingerprint density at radius 3 is 2.68 bits per heavy atom. The van der Waals surface area contributed by atoms with Gasteiger partial charge < -0.3 is 9.51 Å². The lowest BCUT2D eigenvalue weighted by Gasteiger charge is -2.02. The van der Waals surface area contributed by atoms with E-state index < -0.39 is 0 Å². The van der Waals surface area contributed by atoms with Crippen LogP contribution in [0.4, 0.5) is 0 Å². The molecule has 0 fully saturated rings. The first-order valence-corrected chi connectivity index (χ1v) is 6.39. The third-order valence-corrected chi connectivity index (χ3v) is 3.33. The van der Waals surface area contributed by atoms with Gasteiger partial charge >= 0.3 is 0 Å². The lowest BCUT2D eigenvalue weighted by Crippen LogP contribution is -1.97. The van der Waals surface area contributed by atoms with Gasteiger partial charge in [-0.2, -0.15) is 0 Å². The second-order valence-corrected chi connectivity index (χ2v) is 4.76. The molecule has 0 aliphatic carbocycles. The van der Waals surface area contributed by atoms with Gasteiger partial charge in [-0.05, 0) is 30.2 Å². The monoisotopic (exact) mass is 252 g/mol. The molecule has 0 aliphatic heterocycles. The summed E-state index contributed by atoms with van der Waals surface area (Å²) in [6, 6.07) is 14.3. The molecule has 0 saturated carbocycles. The number of hydrogen-bond donors (Lipinski definition) is 1. The van der Waals surface area contributed by atoms with E-state index in [2.05, 4.69) is 17.1 Å². The highest BCUT2D eigenvalue weighted by molar-refractivity contribution is 5.46. The number of fused-ring (bicyclic) bond motifs is 1. The summed E-state index contributed by atoms with van der Waals surface area (Å²) in [7, 11) is 0. The standard InChI is InChI=1S/C16H16N2O/c1-12-7-8-18-15(11-19)14(17-16(18)9-12)10-13-5-3-2-4-6-13/h2-9,19H,10-11H2,1H3. The Bertz CT molecular complexity index is 701. The van der Waals surface area contributed by atoms with Gasteiger partial charge in [0.2, 0.25) is 0 Å². The molecule has 0 spiro atoms.